The molecular formula is C10H13FN2O3. The van der Waals surface area contributed by atoms with Crippen LogP contribution in [0.4, 0.5) is 10.2 Å². The number of aliphatic hydroxyl groups excluding tert-OH is 1. The summed E-state index contributed by atoms with van der Waals surface area (Å²) in [6.07, 6.45) is 1.79. The van der Waals surface area contributed by atoms with Crippen molar-refractivity contribution < 1.29 is 19.4 Å². The Morgan fingerprint density at radius 3 is 2.88 bits per heavy atom. The molecule has 1 rings (SSSR count). The van der Waals surface area contributed by atoms with E-state index in [-0.39, 0.29) is 18.5 Å². The van der Waals surface area contributed by atoms with Crippen molar-refractivity contribution in [2.24, 2.45) is 0 Å². The van der Waals surface area contributed by atoms with Gasteiger partial charge in [0.2, 0.25) is 0 Å². The Labute approximate surface area is 91.9 Å². The topological polar surface area (TPSA) is 82.5 Å². The number of pyridine rings is 1. The number of aliphatic hydroxyl groups is 1. The number of hydrogen-bond donors (Lipinski definition) is 3. The summed E-state index contributed by atoms with van der Waals surface area (Å²) in [7, 11) is 0. The van der Waals surface area contributed by atoms with Crippen molar-refractivity contribution in [1.82, 2.24) is 4.98 Å². The number of rotatable bonds is 5. The highest BCUT2D eigenvalue weighted by molar-refractivity contribution is 5.88. The highest BCUT2D eigenvalue weighted by Gasteiger charge is 2.16. The lowest BCUT2D eigenvalue weighted by Gasteiger charge is -2.15. The number of anilines is 1. The van der Waals surface area contributed by atoms with Gasteiger partial charge in [-0.3, -0.25) is 0 Å². The number of carboxylic acid groups (broad SMARTS) is 1. The Bertz CT molecular complexity index is 380. The number of nitrogens with one attached hydrogen (secondary N) is 1. The van der Waals surface area contributed by atoms with Gasteiger partial charge in [-0.1, -0.05) is 6.92 Å². The molecule has 0 saturated heterocycles. The van der Waals surface area contributed by atoms with Crippen LogP contribution in [0.5, 0.6) is 0 Å². The number of aromatic nitrogens is 1. The van der Waals surface area contributed by atoms with E-state index in [1.54, 1.807) is 0 Å². The van der Waals surface area contributed by atoms with Crippen LogP contribution in [0.3, 0.4) is 0 Å². The van der Waals surface area contributed by atoms with E-state index in [0.29, 0.717) is 6.42 Å². The second-order valence-corrected chi connectivity index (χ2v) is 3.26. The monoisotopic (exact) mass is 228 g/mol. The average molecular weight is 228 g/mol. The summed E-state index contributed by atoms with van der Waals surface area (Å²) >= 11 is 0. The lowest BCUT2D eigenvalue weighted by Crippen LogP contribution is -2.24. The zero-order valence-corrected chi connectivity index (χ0v) is 8.77. The molecule has 0 aliphatic heterocycles. The molecule has 0 aromatic carbocycles. The third kappa shape index (κ3) is 2.66. The maximum absolute atomic E-state index is 13.6. The van der Waals surface area contributed by atoms with E-state index in [4.69, 9.17) is 10.2 Å². The first kappa shape index (κ1) is 12.4. The summed E-state index contributed by atoms with van der Waals surface area (Å²) in [5.41, 5.74) is -0.440. The molecule has 0 bridgehead atoms. The van der Waals surface area contributed by atoms with E-state index in [2.05, 4.69) is 10.3 Å². The second kappa shape index (κ2) is 5.41. The molecule has 16 heavy (non-hydrogen) atoms. The molecule has 1 atom stereocenters. The molecule has 5 nitrogen and oxygen atoms in total. The average Bonchev–Trinajstić information content (AvgIpc) is 2.27. The number of aromatic carboxylic acids is 1. The predicted octanol–water partition coefficient (Wildman–Crippen LogP) is 1.10. The molecule has 1 aromatic rings. The number of nitrogens with zero attached hydrogens (tertiary/aromatic N) is 1. The lowest BCUT2D eigenvalue weighted by atomic mass is 10.2. The van der Waals surface area contributed by atoms with Crippen LogP contribution in [-0.4, -0.2) is 33.8 Å². The van der Waals surface area contributed by atoms with E-state index >= 15 is 0 Å². The van der Waals surface area contributed by atoms with Crippen LogP contribution in [0.2, 0.25) is 0 Å². The maximum atomic E-state index is 13.6. The van der Waals surface area contributed by atoms with Gasteiger partial charge in [-0.05, 0) is 12.5 Å². The minimum Gasteiger partial charge on any atom is -0.478 e. The van der Waals surface area contributed by atoms with Crippen molar-refractivity contribution >= 4 is 11.8 Å². The summed E-state index contributed by atoms with van der Waals surface area (Å²) in [4.78, 5) is 14.4. The lowest BCUT2D eigenvalue weighted by molar-refractivity contribution is 0.0692. The summed E-state index contributed by atoms with van der Waals surface area (Å²) in [5.74, 6) is -2.41. The highest BCUT2D eigenvalue weighted by atomic mass is 19.1. The molecular weight excluding hydrogens is 215 g/mol. The van der Waals surface area contributed by atoms with Gasteiger partial charge in [-0.25, -0.2) is 14.2 Å². The first-order valence-corrected chi connectivity index (χ1v) is 4.85. The fourth-order valence-corrected chi connectivity index (χ4v) is 1.18. The molecule has 0 aliphatic rings. The van der Waals surface area contributed by atoms with Gasteiger partial charge in [0.25, 0.3) is 0 Å². The quantitative estimate of drug-likeness (QED) is 0.703. The van der Waals surface area contributed by atoms with Crippen LogP contribution in [0, 0.1) is 5.82 Å². The Morgan fingerprint density at radius 1 is 1.69 bits per heavy atom. The molecule has 88 valence electrons. The Hall–Kier alpha value is -1.69. The van der Waals surface area contributed by atoms with Crippen LogP contribution in [-0.2, 0) is 0 Å². The number of hydrogen-bond acceptors (Lipinski definition) is 4. The van der Waals surface area contributed by atoms with Crippen LogP contribution in [0.15, 0.2) is 12.3 Å². The minimum atomic E-state index is -1.35. The Morgan fingerprint density at radius 2 is 2.38 bits per heavy atom. The van der Waals surface area contributed by atoms with Gasteiger partial charge in [0, 0.05) is 6.20 Å². The van der Waals surface area contributed by atoms with Crippen molar-refractivity contribution in [3.05, 3.63) is 23.6 Å². The Balaban J connectivity index is 2.97. The molecule has 1 heterocycles. The molecule has 6 heteroatoms. The molecule has 0 aliphatic carbocycles. The van der Waals surface area contributed by atoms with Crippen LogP contribution >= 0.6 is 0 Å². The van der Waals surface area contributed by atoms with Crippen molar-refractivity contribution in [2.45, 2.75) is 19.4 Å². The van der Waals surface area contributed by atoms with Crippen molar-refractivity contribution in [2.75, 3.05) is 11.9 Å². The van der Waals surface area contributed by atoms with Gasteiger partial charge in [0.05, 0.1) is 12.6 Å². The molecule has 1 aromatic heterocycles. The van der Waals surface area contributed by atoms with E-state index < -0.39 is 17.3 Å². The normalized spacial score (nSPS) is 12.2. The second-order valence-electron chi connectivity index (χ2n) is 3.26. The van der Waals surface area contributed by atoms with Gasteiger partial charge in [-0.15, -0.1) is 0 Å². The van der Waals surface area contributed by atoms with Crippen molar-refractivity contribution in [1.29, 1.82) is 0 Å². The molecule has 3 N–H and O–H groups in total. The van der Waals surface area contributed by atoms with Gasteiger partial charge < -0.3 is 15.5 Å². The van der Waals surface area contributed by atoms with E-state index in [0.717, 1.165) is 6.07 Å². The van der Waals surface area contributed by atoms with Crippen molar-refractivity contribution in [3.63, 3.8) is 0 Å². The maximum Gasteiger partial charge on any atom is 0.338 e. The van der Waals surface area contributed by atoms with Crippen LogP contribution < -0.4 is 5.32 Å². The molecule has 0 amide bonds. The summed E-state index contributed by atoms with van der Waals surface area (Å²) in [5, 5.41) is 20.3. The van der Waals surface area contributed by atoms with Crippen molar-refractivity contribution in [3.8, 4) is 0 Å². The smallest absolute Gasteiger partial charge is 0.338 e. The zero-order chi connectivity index (χ0) is 12.1. The molecule has 0 fully saturated rings. The molecule has 0 saturated carbocycles. The SMILES string of the molecule is CCC(CO)Nc1nccc(C(=O)O)c1F. The number of carbonyl (C=O) groups is 1. The van der Waals surface area contributed by atoms with Gasteiger partial charge in [0.1, 0.15) is 5.56 Å². The Kier molecular flexibility index (Phi) is 4.19. The predicted molar refractivity (Wildman–Crippen MR) is 55.9 cm³/mol. The summed E-state index contributed by atoms with van der Waals surface area (Å²) < 4.78 is 13.6. The zero-order valence-electron chi connectivity index (χ0n) is 8.77. The number of carboxylic acids is 1. The fourth-order valence-electron chi connectivity index (χ4n) is 1.18. The van der Waals surface area contributed by atoms with E-state index in [9.17, 15) is 9.18 Å². The molecule has 0 spiro atoms. The van der Waals surface area contributed by atoms with E-state index in [1.165, 1.54) is 6.20 Å². The third-order valence-electron chi connectivity index (χ3n) is 2.17. The van der Waals surface area contributed by atoms with Crippen LogP contribution in [0.1, 0.15) is 23.7 Å². The molecule has 0 radical (unpaired) electrons. The van der Waals surface area contributed by atoms with Gasteiger partial charge >= 0.3 is 5.97 Å². The summed E-state index contributed by atoms with van der Waals surface area (Å²) in [6, 6.07) is 0.744. The summed E-state index contributed by atoms with van der Waals surface area (Å²) in [6.45, 7) is 1.64. The highest BCUT2D eigenvalue weighted by Crippen LogP contribution is 2.16. The van der Waals surface area contributed by atoms with Gasteiger partial charge in [0.15, 0.2) is 11.6 Å². The van der Waals surface area contributed by atoms with Gasteiger partial charge in [-0.2, -0.15) is 0 Å². The fraction of sp³-hybridized carbons (Fsp3) is 0.400. The molecule has 1 unspecified atom stereocenters. The first-order valence-electron chi connectivity index (χ1n) is 4.85. The van der Waals surface area contributed by atoms with E-state index in [1.807, 2.05) is 6.92 Å². The number of halogens is 1. The third-order valence-corrected chi connectivity index (χ3v) is 2.17. The van der Waals surface area contributed by atoms with Crippen LogP contribution in [0.25, 0.3) is 0 Å². The first-order chi connectivity index (χ1) is 7.60. The standard InChI is InChI=1S/C10H13FN2O3/c1-2-6(5-14)13-9-8(11)7(10(15)16)3-4-12-9/h3-4,6,14H,2,5H2,1H3,(H,12,13)(H,15,16). The largest absolute Gasteiger partial charge is 0.478 e. The minimum absolute atomic E-state index is 0.152.